The molecule has 2 rings (SSSR count). The van der Waals surface area contributed by atoms with Gasteiger partial charge in [-0.25, -0.2) is 0 Å². The fraction of sp³-hybridized carbons (Fsp3) is 0.889. The highest BCUT2D eigenvalue weighted by Gasteiger charge is 2.35. The first kappa shape index (κ1) is 13.6. The first-order valence-corrected chi connectivity index (χ1v) is 6.63. The van der Waals surface area contributed by atoms with Crippen LogP contribution >= 0.6 is 0 Å². The molecule has 1 aliphatic carbocycles. The third-order valence-corrected chi connectivity index (χ3v) is 3.95. The lowest BCUT2D eigenvalue weighted by Crippen LogP contribution is -2.25. The summed E-state index contributed by atoms with van der Waals surface area (Å²) >= 11 is 0. The van der Waals surface area contributed by atoms with Crippen LogP contribution in [0.1, 0.15) is 19.3 Å². The molecule has 0 aromatic carbocycles. The summed E-state index contributed by atoms with van der Waals surface area (Å²) in [6, 6.07) is 0. The highest BCUT2D eigenvalue weighted by atomic mass is 32.2. The summed E-state index contributed by atoms with van der Waals surface area (Å²) in [4.78, 5) is 10.3. The maximum Gasteiger partial charge on any atom is 0.268 e. The molecule has 2 aliphatic rings. The van der Waals surface area contributed by atoms with Crippen molar-refractivity contribution in [3.05, 3.63) is 0 Å². The van der Waals surface area contributed by atoms with Crippen LogP contribution in [0.3, 0.4) is 0 Å². The Bertz CT molecular complexity index is 300. The van der Waals surface area contributed by atoms with Gasteiger partial charge in [0, 0.05) is 5.92 Å². The van der Waals surface area contributed by atoms with E-state index < -0.39 is 21.3 Å². The molecule has 1 saturated heterocycles. The van der Waals surface area contributed by atoms with Gasteiger partial charge in [0.2, 0.25) is 0 Å². The van der Waals surface area contributed by atoms with Gasteiger partial charge >= 0.3 is 0 Å². The Balaban J connectivity index is 0.000000212. The number of ether oxygens (including phenoxy) is 2. The molecule has 1 N–H and O–H groups in total. The molecule has 1 aliphatic heterocycles. The lowest BCUT2D eigenvalue weighted by molar-refractivity contribution is -0.110. The van der Waals surface area contributed by atoms with Crippen molar-refractivity contribution in [1.29, 1.82) is 0 Å². The second kappa shape index (κ2) is 6.29. The zero-order chi connectivity index (χ0) is 12.0. The maximum atomic E-state index is 10.6. The molecule has 2 unspecified atom stereocenters. The Morgan fingerprint density at radius 2 is 1.81 bits per heavy atom. The van der Waals surface area contributed by atoms with E-state index in [2.05, 4.69) is 0 Å². The zero-order valence-corrected chi connectivity index (χ0v) is 9.69. The third-order valence-electron chi connectivity index (χ3n) is 2.60. The van der Waals surface area contributed by atoms with Gasteiger partial charge in [-0.05, 0) is 12.8 Å². The van der Waals surface area contributed by atoms with Crippen molar-refractivity contribution in [3.63, 3.8) is 0 Å². The molecule has 0 aromatic rings. The summed E-state index contributed by atoms with van der Waals surface area (Å²) in [7, 11) is -4.00. The Kier molecular flexibility index (Phi) is 5.33. The van der Waals surface area contributed by atoms with Crippen LogP contribution in [0.4, 0.5) is 0 Å². The van der Waals surface area contributed by atoms with Gasteiger partial charge in [-0.1, -0.05) is 6.42 Å². The van der Waals surface area contributed by atoms with Crippen LogP contribution in [0.2, 0.25) is 0 Å². The van der Waals surface area contributed by atoms with Gasteiger partial charge in [0.25, 0.3) is 10.1 Å². The van der Waals surface area contributed by atoms with E-state index in [4.69, 9.17) is 14.0 Å². The molecule has 16 heavy (non-hydrogen) atoms. The highest BCUT2D eigenvalue weighted by Crippen LogP contribution is 2.28. The van der Waals surface area contributed by atoms with E-state index in [1.54, 1.807) is 0 Å². The molecular weight excluding hydrogens is 236 g/mol. The lowest BCUT2D eigenvalue weighted by Gasteiger charge is -2.08. The lowest BCUT2D eigenvalue weighted by atomic mass is 10.1. The molecule has 0 spiro atoms. The average Bonchev–Trinajstić information content (AvgIpc) is 2.91. The molecule has 0 bridgehead atoms. The fourth-order valence-corrected chi connectivity index (χ4v) is 2.88. The molecule has 2 atom stereocenters. The van der Waals surface area contributed by atoms with Gasteiger partial charge in [-0.2, -0.15) is 8.42 Å². The summed E-state index contributed by atoms with van der Waals surface area (Å²) in [5.41, 5.74) is 0. The first-order chi connectivity index (χ1) is 7.55. The Hall–Kier alpha value is -0.500. The zero-order valence-electron chi connectivity index (χ0n) is 8.87. The van der Waals surface area contributed by atoms with Crippen LogP contribution in [0.25, 0.3) is 0 Å². The molecule has 1 heterocycles. The topological polar surface area (TPSA) is 89.9 Å². The van der Waals surface area contributed by atoms with Crippen molar-refractivity contribution in [2.45, 2.75) is 24.5 Å². The van der Waals surface area contributed by atoms with Crippen LogP contribution in [-0.2, 0) is 24.4 Å². The van der Waals surface area contributed by atoms with Crippen LogP contribution in [0.15, 0.2) is 0 Å². The summed E-state index contributed by atoms with van der Waals surface area (Å²) in [5.74, 6) is -0.495. The largest absolute Gasteiger partial charge is 0.353 e. The van der Waals surface area contributed by atoms with E-state index in [9.17, 15) is 13.2 Å². The minimum Gasteiger partial charge on any atom is -0.353 e. The average molecular weight is 252 g/mol. The van der Waals surface area contributed by atoms with E-state index in [0.717, 1.165) is 13.2 Å². The Morgan fingerprint density at radius 3 is 2.12 bits per heavy atom. The quantitative estimate of drug-likeness (QED) is 0.559. The van der Waals surface area contributed by atoms with Gasteiger partial charge in [0.15, 0.2) is 0 Å². The summed E-state index contributed by atoms with van der Waals surface area (Å²) in [5, 5.41) is -0.847. The molecule has 0 amide bonds. The number of carbonyl (C=O) groups is 1. The smallest absolute Gasteiger partial charge is 0.268 e. The van der Waals surface area contributed by atoms with Crippen LogP contribution < -0.4 is 0 Å². The van der Waals surface area contributed by atoms with Crippen molar-refractivity contribution in [2.24, 2.45) is 5.92 Å². The number of rotatable bonds is 2. The van der Waals surface area contributed by atoms with Crippen molar-refractivity contribution < 1.29 is 27.2 Å². The monoisotopic (exact) mass is 252 g/mol. The van der Waals surface area contributed by atoms with E-state index in [1.165, 1.54) is 0 Å². The molecule has 7 heteroatoms. The van der Waals surface area contributed by atoms with Crippen LogP contribution in [-0.4, -0.2) is 44.5 Å². The maximum absolute atomic E-state index is 10.6. The summed E-state index contributed by atoms with van der Waals surface area (Å²) in [6.45, 7) is 2.06. The van der Waals surface area contributed by atoms with E-state index in [0.29, 0.717) is 32.3 Å². The van der Waals surface area contributed by atoms with Crippen molar-refractivity contribution in [3.8, 4) is 0 Å². The van der Waals surface area contributed by atoms with Gasteiger partial charge in [0.1, 0.15) is 13.1 Å². The summed E-state index contributed by atoms with van der Waals surface area (Å²) < 4.78 is 39.3. The van der Waals surface area contributed by atoms with Crippen molar-refractivity contribution in [1.82, 2.24) is 0 Å². The molecule has 0 radical (unpaired) electrons. The van der Waals surface area contributed by atoms with Gasteiger partial charge in [0.05, 0.1) is 18.5 Å². The molecule has 0 aromatic heterocycles. The molecule has 2 fully saturated rings. The van der Waals surface area contributed by atoms with Crippen LogP contribution in [0, 0.1) is 5.92 Å². The minimum atomic E-state index is -4.00. The predicted octanol–water partition coefficient (Wildman–Crippen LogP) is 0.233. The number of carbonyl (C=O) groups excluding carboxylic acids is 1. The number of aldehydes is 1. The summed E-state index contributed by atoms with van der Waals surface area (Å²) in [6.07, 6.45) is 2.30. The van der Waals surface area contributed by atoms with Gasteiger partial charge < -0.3 is 14.3 Å². The van der Waals surface area contributed by atoms with Crippen LogP contribution in [0.5, 0.6) is 0 Å². The van der Waals surface area contributed by atoms with E-state index in [1.807, 2.05) is 0 Å². The minimum absolute atomic E-state index is 0.405. The predicted molar refractivity (Wildman–Crippen MR) is 55.5 cm³/mol. The molecular formula is C9H16O6S. The van der Waals surface area contributed by atoms with E-state index >= 15 is 0 Å². The van der Waals surface area contributed by atoms with Gasteiger partial charge in [-0.15, -0.1) is 0 Å². The Morgan fingerprint density at radius 1 is 1.19 bits per heavy atom. The number of hydrogen-bond acceptors (Lipinski definition) is 5. The second-order valence-corrected chi connectivity index (χ2v) is 5.35. The highest BCUT2D eigenvalue weighted by molar-refractivity contribution is 7.86. The normalized spacial score (nSPS) is 29.6. The molecule has 94 valence electrons. The molecule has 6 nitrogen and oxygen atoms in total. The van der Waals surface area contributed by atoms with Gasteiger partial charge in [-0.3, -0.25) is 4.55 Å². The molecule has 1 saturated carbocycles. The SMILES string of the molecule is C1COCO1.O=CC1CCCC1S(=O)(=O)O. The van der Waals surface area contributed by atoms with Crippen molar-refractivity contribution in [2.75, 3.05) is 20.0 Å². The fourth-order valence-electron chi connectivity index (χ4n) is 1.77. The number of hydrogen-bond donors (Lipinski definition) is 1. The standard InChI is InChI=1S/C6H10O4S.C3H6O2/c7-4-5-2-1-3-6(5)11(8,9)10;1-2-5-3-4-1/h4-6H,1-3H2,(H,8,9,10);1-3H2. The Labute approximate surface area is 94.7 Å². The third kappa shape index (κ3) is 4.17. The van der Waals surface area contributed by atoms with E-state index in [-0.39, 0.29) is 0 Å². The van der Waals surface area contributed by atoms with Crippen molar-refractivity contribution >= 4 is 16.4 Å². The second-order valence-electron chi connectivity index (χ2n) is 3.72. The first-order valence-electron chi connectivity index (χ1n) is 5.13.